The Morgan fingerprint density at radius 1 is 1.47 bits per heavy atom. The van der Waals surface area contributed by atoms with E-state index in [-0.39, 0.29) is 0 Å². The summed E-state index contributed by atoms with van der Waals surface area (Å²) in [6.07, 6.45) is 2.88. The van der Waals surface area contributed by atoms with Crippen LogP contribution in [0.2, 0.25) is 0 Å². The van der Waals surface area contributed by atoms with Gasteiger partial charge in [0, 0.05) is 12.7 Å². The Kier molecular flexibility index (Phi) is 2.91. The van der Waals surface area contributed by atoms with Gasteiger partial charge >= 0.3 is 0 Å². The number of hydrogen-bond donors (Lipinski definition) is 0. The number of fused-ring (bicyclic) bond motifs is 1. The molecule has 15 heavy (non-hydrogen) atoms. The Morgan fingerprint density at radius 3 is 2.93 bits per heavy atom. The molecule has 0 aliphatic rings. The molecule has 0 saturated heterocycles. The number of alkyl halides is 1. The molecule has 2 aromatic heterocycles. The zero-order valence-electron chi connectivity index (χ0n) is 9.00. The average molecular weight is 224 g/mol. The second-order valence-electron chi connectivity index (χ2n) is 3.61. The maximum Gasteiger partial charge on any atom is 0.160 e. The van der Waals surface area contributed by atoms with Gasteiger partial charge in [-0.3, -0.25) is 0 Å². The first-order valence-corrected chi connectivity index (χ1v) is 5.68. The summed E-state index contributed by atoms with van der Waals surface area (Å²) in [5.74, 6) is 1.35. The van der Waals surface area contributed by atoms with Gasteiger partial charge in [0.1, 0.15) is 11.3 Å². The van der Waals surface area contributed by atoms with E-state index in [2.05, 4.69) is 21.5 Å². The lowest BCUT2D eigenvalue weighted by atomic mass is 10.3. The van der Waals surface area contributed by atoms with Crippen molar-refractivity contribution in [2.75, 3.05) is 0 Å². The van der Waals surface area contributed by atoms with Gasteiger partial charge in [-0.1, -0.05) is 6.92 Å². The third-order valence-electron chi connectivity index (χ3n) is 2.48. The Bertz CT molecular complexity index is 476. The van der Waals surface area contributed by atoms with Crippen molar-refractivity contribution >= 4 is 22.8 Å². The van der Waals surface area contributed by atoms with Crippen LogP contribution in [-0.2, 0) is 12.4 Å². The lowest BCUT2D eigenvalue weighted by Crippen LogP contribution is -2.02. The minimum atomic E-state index is 0.440. The second kappa shape index (κ2) is 4.19. The molecule has 0 saturated carbocycles. The van der Waals surface area contributed by atoms with Gasteiger partial charge in [-0.05, 0) is 25.0 Å². The predicted octanol–water partition coefficient (Wildman–Crippen LogP) is 2.89. The Morgan fingerprint density at radius 2 is 2.27 bits per heavy atom. The third kappa shape index (κ3) is 1.72. The van der Waals surface area contributed by atoms with Crippen molar-refractivity contribution in [3.05, 3.63) is 23.7 Å². The number of nitrogens with zero attached hydrogens (tertiary/aromatic N) is 3. The summed E-state index contributed by atoms with van der Waals surface area (Å²) in [7, 11) is 0. The standard InChI is InChI=1S/C11H14ClN3/c1-3-6-15-9(7-12)14-10-8(2)4-5-13-11(10)15/h4-5H,3,6-7H2,1-2H3. The van der Waals surface area contributed by atoms with Crippen molar-refractivity contribution < 1.29 is 0 Å². The first-order valence-electron chi connectivity index (χ1n) is 5.14. The second-order valence-corrected chi connectivity index (χ2v) is 3.88. The number of aromatic nitrogens is 3. The van der Waals surface area contributed by atoms with E-state index in [9.17, 15) is 0 Å². The van der Waals surface area contributed by atoms with Gasteiger partial charge in [0.2, 0.25) is 0 Å². The molecule has 80 valence electrons. The molecule has 0 N–H and O–H groups in total. The molecule has 2 rings (SSSR count). The minimum Gasteiger partial charge on any atom is -0.312 e. The lowest BCUT2D eigenvalue weighted by molar-refractivity contribution is 0.667. The van der Waals surface area contributed by atoms with Crippen LogP contribution < -0.4 is 0 Å². The molecule has 0 spiro atoms. The van der Waals surface area contributed by atoms with Crippen molar-refractivity contribution in [2.24, 2.45) is 0 Å². The van der Waals surface area contributed by atoms with Crippen molar-refractivity contribution in [3.8, 4) is 0 Å². The highest BCUT2D eigenvalue weighted by Crippen LogP contribution is 2.18. The normalized spacial score (nSPS) is 11.1. The van der Waals surface area contributed by atoms with Crippen LogP contribution in [0.5, 0.6) is 0 Å². The summed E-state index contributed by atoms with van der Waals surface area (Å²) in [5, 5.41) is 0. The first kappa shape index (κ1) is 10.4. The van der Waals surface area contributed by atoms with Gasteiger partial charge in [-0.15, -0.1) is 11.6 Å². The molecule has 3 nitrogen and oxygen atoms in total. The smallest absolute Gasteiger partial charge is 0.160 e. The van der Waals surface area contributed by atoms with E-state index >= 15 is 0 Å². The van der Waals surface area contributed by atoms with Crippen molar-refractivity contribution in [3.63, 3.8) is 0 Å². The van der Waals surface area contributed by atoms with Crippen LogP contribution in [0.15, 0.2) is 12.3 Å². The molecule has 0 atom stereocenters. The maximum absolute atomic E-state index is 5.88. The van der Waals surface area contributed by atoms with E-state index in [1.807, 2.05) is 19.2 Å². The summed E-state index contributed by atoms with van der Waals surface area (Å²) in [6, 6.07) is 1.98. The molecule has 2 aromatic rings. The fraction of sp³-hybridized carbons (Fsp3) is 0.455. The Balaban J connectivity index is 2.68. The zero-order valence-corrected chi connectivity index (χ0v) is 9.75. The molecule has 0 aliphatic carbocycles. The molecular weight excluding hydrogens is 210 g/mol. The van der Waals surface area contributed by atoms with E-state index in [1.165, 1.54) is 0 Å². The minimum absolute atomic E-state index is 0.440. The fourth-order valence-corrected chi connectivity index (χ4v) is 1.95. The molecule has 0 aromatic carbocycles. The Hall–Kier alpha value is -1.09. The van der Waals surface area contributed by atoms with E-state index in [0.29, 0.717) is 5.88 Å². The Labute approximate surface area is 94.1 Å². The van der Waals surface area contributed by atoms with Gasteiger partial charge in [-0.25, -0.2) is 9.97 Å². The summed E-state index contributed by atoms with van der Waals surface area (Å²) in [5.41, 5.74) is 3.08. The van der Waals surface area contributed by atoms with Crippen molar-refractivity contribution in [2.45, 2.75) is 32.7 Å². The topological polar surface area (TPSA) is 30.7 Å². The summed E-state index contributed by atoms with van der Waals surface area (Å²) in [4.78, 5) is 8.89. The van der Waals surface area contributed by atoms with Crippen LogP contribution in [0, 0.1) is 6.92 Å². The number of hydrogen-bond acceptors (Lipinski definition) is 2. The van der Waals surface area contributed by atoms with E-state index in [1.54, 1.807) is 0 Å². The summed E-state index contributed by atoms with van der Waals surface area (Å²) in [6.45, 7) is 5.11. The molecule has 2 heterocycles. The number of pyridine rings is 1. The van der Waals surface area contributed by atoms with Crippen LogP contribution >= 0.6 is 11.6 Å². The number of halogens is 1. The number of rotatable bonds is 3. The largest absolute Gasteiger partial charge is 0.312 e. The summed E-state index contributed by atoms with van der Waals surface area (Å²) < 4.78 is 2.11. The van der Waals surface area contributed by atoms with Crippen LogP contribution in [-0.4, -0.2) is 14.5 Å². The molecule has 0 fully saturated rings. The van der Waals surface area contributed by atoms with Gasteiger partial charge < -0.3 is 4.57 Å². The van der Waals surface area contributed by atoms with Crippen molar-refractivity contribution in [1.82, 2.24) is 14.5 Å². The summed E-state index contributed by atoms with van der Waals surface area (Å²) >= 11 is 5.88. The maximum atomic E-state index is 5.88. The highest BCUT2D eigenvalue weighted by molar-refractivity contribution is 6.16. The lowest BCUT2D eigenvalue weighted by Gasteiger charge is -2.03. The van der Waals surface area contributed by atoms with Crippen molar-refractivity contribution in [1.29, 1.82) is 0 Å². The third-order valence-corrected chi connectivity index (χ3v) is 2.72. The molecule has 0 aliphatic heterocycles. The quantitative estimate of drug-likeness (QED) is 0.750. The SMILES string of the molecule is CCCn1c(CCl)nc2c(C)ccnc21. The molecular formula is C11H14ClN3. The van der Waals surface area contributed by atoms with E-state index in [4.69, 9.17) is 11.6 Å². The van der Waals surface area contributed by atoms with Gasteiger partial charge in [-0.2, -0.15) is 0 Å². The van der Waals surface area contributed by atoms with E-state index < -0.39 is 0 Å². The predicted molar refractivity (Wildman–Crippen MR) is 62.1 cm³/mol. The zero-order chi connectivity index (χ0) is 10.8. The fourth-order valence-electron chi connectivity index (χ4n) is 1.74. The van der Waals surface area contributed by atoms with Crippen LogP contribution in [0.25, 0.3) is 11.2 Å². The van der Waals surface area contributed by atoms with Gasteiger partial charge in [0.15, 0.2) is 5.65 Å². The first-order chi connectivity index (χ1) is 7.27. The molecule has 0 amide bonds. The van der Waals surface area contributed by atoms with Crippen LogP contribution in [0.1, 0.15) is 24.7 Å². The molecule has 0 unspecified atom stereocenters. The average Bonchev–Trinajstić information content (AvgIpc) is 2.59. The van der Waals surface area contributed by atoms with Crippen LogP contribution in [0.3, 0.4) is 0 Å². The monoisotopic (exact) mass is 223 g/mol. The van der Waals surface area contributed by atoms with E-state index in [0.717, 1.165) is 35.5 Å². The molecule has 0 bridgehead atoms. The van der Waals surface area contributed by atoms with Gasteiger partial charge in [0.25, 0.3) is 0 Å². The highest BCUT2D eigenvalue weighted by Gasteiger charge is 2.11. The number of aryl methyl sites for hydroxylation is 2. The number of imidazole rings is 1. The molecule has 4 heteroatoms. The molecule has 0 radical (unpaired) electrons. The van der Waals surface area contributed by atoms with Gasteiger partial charge in [0.05, 0.1) is 5.88 Å². The van der Waals surface area contributed by atoms with Crippen LogP contribution in [0.4, 0.5) is 0 Å². The highest BCUT2D eigenvalue weighted by atomic mass is 35.5.